The second-order valence-corrected chi connectivity index (χ2v) is 5.27. The molecule has 0 aromatic heterocycles. The predicted octanol–water partition coefficient (Wildman–Crippen LogP) is 4.01. The lowest BCUT2D eigenvalue weighted by Gasteiger charge is -2.13. The van der Waals surface area contributed by atoms with Gasteiger partial charge >= 0.3 is 5.69 Å². The van der Waals surface area contributed by atoms with Gasteiger partial charge in [0.1, 0.15) is 0 Å². The number of halogens is 1. The number of hydrogen-bond acceptors (Lipinski definition) is 4. The quantitative estimate of drug-likeness (QED) is 0.464. The second kappa shape index (κ2) is 6.49. The van der Waals surface area contributed by atoms with Crippen LogP contribution in [-0.4, -0.2) is 16.8 Å². The SMILES string of the molecule is C[C@H](Oc1ccccc1[N+](=O)[O-])C(=O)c1ccc(Br)cc1. The Morgan fingerprint density at radius 1 is 1.19 bits per heavy atom. The molecule has 0 spiro atoms. The van der Waals surface area contributed by atoms with Gasteiger partial charge < -0.3 is 4.74 Å². The molecule has 0 N–H and O–H groups in total. The first-order valence-electron chi connectivity index (χ1n) is 6.19. The molecule has 2 rings (SSSR count). The molecule has 0 aliphatic carbocycles. The number of ketones is 1. The Labute approximate surface area is 129 Å². The fraction of sp³-hybridized carbons (Fsp3) is 0.133. The van der Waals surface area contributed by atoms with E-state index >= 15 is 0 Å². The number of benzene rings is 2. The number of nitrogens with zero attached hydrogens (tertiary/aromatic N) is 1. The zero-order chi connectivity index (χ0) is 15.4. The lowest BCUT2D eigenvalue weighted by Crippen LogP contribution is -2.24. The van der Waals surface area contributed by atoms with Gasteiger partial charge in [-0.3, -0.25) is 14.9 Å². The smallest absolute Gasteiger partial charge is 0.310 e. The van der Waals surface area contributed by atoms with E-state index in [4.69, 9.17) is 4.74 Å². The maximum Gasteiger partial charge on any atom is 0.310 e. The molecule has 0 fully saturated rings. The molecule has 108 valence electrons. The van der Waals surface area contributed by atoms with Gasteiger partial charge in [-0.2, -0.15) is 0 Å². The lowest BCUT2D eigenvalue weighted by atomic mass is 10.1. The average Bonchev–Trinajstić information content (AvgIpc) is 2.47. The summed E-state index contributed by atoms with van der Waals surface area (Å²) in [5.41, 5.74) is 0.331. The van der Waals surface area contributed by atoms with Crippen LogP contribution < -0.4 is 4.74 Å². The third-order valence-electron chi connectivity index (χ3n) is 2.86. The first kappa shape index (κ1) is 15.2. The molecule has 0 bridgehead atoms. The molecular formula is C15H12BrNO4. The van der Waals surface area contributed by atoms with Crippen LogP contribution in [0.2, 0.25) is 0 Å². The lowest BCUT2D eigenvalue weighted by molar-refractivity contribution is -0.386. The molecule has 0 saturated heterocycles. The van der Waals surface area contributed by atoms with E-state index in [9.17, 15) is 14.9 Å². The van der Waals surface area contributed by atoms with Crippen molar-refractivity contribution in [2.45, 2.75) is 13.0 Å². The largest absolute Gasteiger partial charge is 0.475 e. The molecule has 2 aromatic rings. The summed E-state index contributed by atoms with van der Waals surface area (Å²) in [4.78, 5) is 22.6. The van der Waals surface area contributed by atoms with E-state index in [1.165, 1.54) is 12.1 Å². The van der Waals surface area contributed by atoms with Crippen LogP contribution in [0.5, 0.6) is 5.75 Å². The van der Waals surface area contributed by atoms with E-state index in [1.54, 1.807) is 43.3 Å². The van der Waals surface area contributed by atoms with E-state index in [0.717, 1.165) is 4.47 Å². The third-order valence-corrected chi connectivity index (χ3v) is 3.39. The minimum Gasteiger partial charge on any atom is -0.475 e. The van der Waals surface area contributed by atoms with Gasteiger partial charge in [-0.15, -0.1) is 0 Å². The molecular weight excluding hydrogens is 338 g/mol. The van der Waals surface area contributed by atoms with Crippen LogP contribution >= 0.6 is 15.9 Å². The van der Waals surface area contributed by atoms with Crippen LogP contribution in [0.1, 0.15) is 17.3 Å². The number of carbonyl (C=O) groups excluding carboxylic acids is 1. The highest BCUT2D eigenvalue weighted by molar-refractivity contribution is 9.10. The summed E-state index contributed by atoms with van der Waals surface area (Å²) < 4.78 is 6.32. The first-order valence-corrected chi connectivity index (χ1v) is 6.98. The van der Waals surface area contributed by atoms with Crippen LogP contribution in [-0.2, 0) is 0 Å². The number of para-hydroxylation sites is 2. The van der Waals surface area contributed by atoms with Gasteiger partial charge in [0.15, 0.2) is 11.9 Å². The second-order valence-electron chi connectivity index (χ2n) is 4.36. The Morgan fingerprint density at radius 3 is 2.43 bits per heavy atom. The molecule has 0 heterocycles. The Morgan fingerprint density at radius 2 is 1.81 bits per heavy atom. The maximum atomic E-state index is 12.2. The Kier molecular flexibility index (Phi) is 4.70. The third kappa shape index (κ3) is 3.66. The van der Waals surface area contributed by atoms with Crippen LogP contribution in [0.15, 0.2) is 53.0 Å². The Balaban J connectivity index is 2.18. The van der Waals surface area contributed by atoms with E-state index in [0.29, 0.717) is 5.56 Å². The number of nitro benzene ring substituents is 1. The van der Waals surface area contributed by atoms with Gasteiger partial charge in [-0.05, 0) is 25.1 Å². The van der Waals surface area contributed by atoms with E-state index < -0.39 is 11.0 Å². The number of carbonyl (C=O) groups is 1. The number of rotatable bonds is 5. The minimum atomic E-state index is -0.813. The molecule has 0 saturated carbocycles. The molecule has 0 aliphatic heterocycles. The van der Waals surface area contributed by atoms with Crippen molar-refractivity contribution in [3.63, 3.8) is 0 Å². The zero-order valence-electron chi connectivity index (χ0n) is 11.2. The van der Waals surface area contributed by atoms with Crippen LogP contribution in [0.3, 0.4) is 0 Å². The van der Waals surface area contributed by atoms with Crippen molar-refractivity contribution in [1.29, 1.82) is 0 Å². The van der Waals surface area contributed by atoms with Crippen LogP contribution in [0, 0.1) is 10.1 Å². The molecule has 0 aliphatic rings. The average molecular weight is 350 g/mol. The summed E-state index contributed by atoms with van der Waals surface area (Å²) in [5.74, 6) is -0.152. The molecule has 0 unspecified atom stereocenters. The summed E-state index contributed by atoms with van der Waals surface area (Å²) >= 11 is 3.29. The fourth-order valence-corrected chi connectivity index (χ4v) is 2.06. The van der Waals surface area contributed by atoms with Gasteiger partial charge in [-0.25, -0.2) is 0 Å². The highest BCUT2D eigenvalue weighted by Crippen LogP contribution is 2.27. The Hall–Kier alpha value is -2.21. The standard InChI is InChI=1S/C15H12BrNO4/c1-10(15(18)11-6-8-12(16)9-7-11)21-14-5-3-2-4-13(14)17(19)20/h2-10H,1H3/t10-/m0/s1. The number of ether oxygens (including phenoxy) is 1. The topological polar surface area (TPSA) is 69.4 Å². The van der Waals surface area contributed by atoms with Crippen molar-refractivity contribution in [3.05, 3.63) is 68.7 Å². The molecule has 0 radical (unpaired) electrons. The van der Waals surface area contributed by atoms with Crippen molar-refractivity contribution >= 4 is 27.4 Å². The van der Waals surface area contributed by atoms with Crippen molar-refractivity contribution in [2.75, 3.05) is 0 Å². The highest BCUT2D eigenvalue weighted by Gasteiger charge is 2.21. The molecule has 0 amide bonds. The monoisotopic (exact) mass is 349 g/mol. The summed E-state index contributed by atoms with van der Waals surface area (Å²) in [5, 5.41) is 10.9. The van der Waals surface area contributed by atoms with Crippen molar-refractivity contribution in [3.8, 4) is 5.75 Å². The van der Waals surface area contributed by atoms with Crippen molar-refractivity contribution in [2.24, 2.45) is 0 Å². The van der Waals surface area contributed by atoms with E-state index in [1.807, 2.05) is 0 Å². The van der Waals surface area contributed by atoms with Gasteiger partial charge in [0.25, 0.3) is 0 Å². The highest BCUT2D eigenvalue weighted by atomic mass is 79.9. The van der Waals surface area contributed by atoms with Gasteiger partial charge in [0.05, 0.1) is 4.92 Å². The first-order chi connectivity index (χ1) is 9.99. The van der Waals surface area contributed by atoms with E-state index in [-0.39, 0.29) is 17.2 Å². The number of hydrogen-bond donors (Lipinski definition) is 0. The van der Waals surface area contributed by atoms with Gasteiger partial charge in [0.2, 0.25) is 5.78 Å². The summed E-state index contributed by atoms with van der Waals surface area (Å²) in [7, 11) is 0. The van der Waals surface area contributed by atoms with Gasteiger partial charge in [0, 0.05) is 16.1 Å². The van der Waals surface area contributed by atoms with Gasteiger partial charge in [-0.1, -0.05) is 40.2 Å². The minimum absolute atomic E-state index is 0.0838. The van der Waals surface area contributed by atoms with Crippen molar-refractivity contribution < 1.29 is 14.5 Å². The summed E-state index contributed by atoms with van der Waals surface area (Å²) in [6.45, 7) is 1.57. The molecule has 6 heteroatoms. The number of Topliss-reactive ketones (excluding diaryl/α,β-unsaturated/α-hetero) is 1. The molecule has 5 nitrogen and oxygen atoms in total. The molecule has 21 heavy (non-hydrogen) atoms. The Bertz CT molecular complexity index is 670. The van der Waals surface area contributed by atoms with E-state index in [2.05, 4.69) is 15.9 Å². The molecule has 2 aromatic carbocycles. The number of nitro groups is 1. The van der Waals surface area contributed by atoms with Crippen LogP contribution in [0.25, 0.3) is 0 Å². The normalized spacial score (nSPS) is 11.7. The molecule has 1 atom stereocenters. The predicted molar refractivity (Wildman–Crippen MR) is 81.7 cm³/mol. The summed E-state index contributed by atoms with van der Waals surface area (Å²) in [6, 6.07) is 12.8. The fourth-order valence-electron chi connectivity index (χ4n) is 1.80. The van der Waals surface area contributed by atoms with Crippen LogP contribution in [0.4, 0.5) is 5.69 Å². The maximum absolute atomic E-state index is 12.2. The summed E-state index contributed by atoms with van der Waals surface area (Å²) in [6.07, 6.45) is -0.813. The zero-order valence-corrected chi connectivity index (χ0v) is 12.7. The van der Waals surface area contributed by atoms with Crippen molar-refractivity contribution in [1.82, 2.24) is 0 Å².